The van der Waals surface area contributed by atoms with Crippen molar-refractivity contribution in [3.8, 4) is 22.6 Å². The van der Waals surface area contributed by atoms with Gasteiger partial charge in [-0.3, -0.25) is 5.32 Å². The first-order valence-electron chi connectivity index (χ1n) is 22.0. The maximum Gasteiger partial charge on any atom is 0.196 e. The lowest BCUT2D eigenvalue weighted by molar-refractivity contribution is 0.295. The quantitative estimate of drug-likeness (QED) is 0.156. The van der Waals surface area contributed by atoms with Gasteiger partial charge in [-0.25, -0.2) is 4.99 Å². The van der Waals surface area contributed by atoms with Gasteiger partial charge >= 0.3 is 0 Å². The number of nitrogens with one attached hydrogen (secondary N) is 3. The van der Waals surface area contributed by atoms with Gasteiger partial charge in [-0.1, -0.05) is 127 Å². The molecule has 2 aliphatic heterocycles. The largest absolute Gasteiger partial charge is 0.462 e. The molecule has 4 heterocycles. The van der Waals surface area contributed by atoms with E-state index in [0.717, 1.165) is 92.2 Å². The highest BCUT2D eigenvalue weighted by molar-refractivity contribution is 6.16. The molecule has 7 aromatic carbocycles. The summed E-state index contributed by atoms with van der Waals surface area (Å²) in [4.78, 5) is 5.35. The van der Waals surface area contributed by atoms with E-state index in [2.05, 4.69) is 196 Å². The number of benzene rings is 7. The fourth-order valence-electron chi connectivity index (χ4n) is 10.3. The number of hydrogen-bond donors (Lipinski definition) is 3. The minimum atomic E-state index is -0.290. The highest BCUT2D eigenvalue weighted by atomic mass is 16.5. The van der Waals surface area contributed by atoms with Gasteiger partial charge in [0.25, 0.3) is 0 Å². The fraction of sp³-hybridized carbons (Fsp3) is 0.125. The van der Waals surface area contributed by atoms with Crippen molar-refractivity contribution in [2.75, 3.05) is 5.32 Å². The van der Waals surface area contributed by atoms with Gasteiger partial charge in [-0.2, -0.15) is 0 Å². The van der Waals surface area contributed by atoms with Crippen LogP contribution in [0.2, 0.25) is 0 Å². The lowest BCUT2D eigenvalue weighted by Crippen LogP contribution is -2.54. The standard InChI is InChI=1S/C56H43N5O2/c1-3-14-34(15-4-1)53-58-54(60-55(59-53)44-25-13-27-49-50(44)43-24-9-10-26-48(43)62-49)40-22-11-20-36(30-40)37-21-12-23-41(31-37)61-47-33-39-19-8-7-18-38(39)32-45(47)42-28-29-46-52(51(42)61)63-56(57-46)35-16-5-2-6-17-35/h1,3-5,7-24,26-33,44,54-57,60H,2,6,25H2,(H,58,59). The summed E-state index contributed by atoms with van der Waals surface area (Å²) in [5.41, 5.74) is 12.0. The molecule has 7 heteroatoms. The Balaban J connectivity index is 0.912. The molecule has 13 rings (SSSR count). The molecule has 4 unspecified atom stereocenters. The maximum atomic E-state index is 6.89. The van der Waals surface area contributed by atoms with Gasteiger partial charge in [0.2, 0.25) is 0 Å². The Morgan fingerprint density at radius 1 is 0.635 bits per heavy atom. The number of para-hydroxylation sites is 1. The van der Waals surface area contributed by atoms with Crippen LogP contribution in [0, 0.1) is 0 Å². The van der Waals surface area contributed by atoms with E-state index in [-0.39, 0.29) is 24.5 Å². The minimum Gasteiger partial charge on any atom is -0.462 e. The number of nitrogens with zero attached hydrogens (tertiary/aromatic N) is 2. The Morgan fingerprint density at radius 2 is 1.44 bits per heavy atom. The van der Waals surface area contributed by atoms with Crippen molar-refractivity contribution in [3.63, 3.8) is 0 Å². The number of ether oxygens (including phenoxy) is 1. The number of hydrogen-bond acceptors (Lipinski definition) is 6. The third-order valence-electron chi connectivity index (χ3n) is 13.3. The zero-order chi connectivity index (χ0) is 41.4. The summed E-state index contributed by atoms with van der Waals surface area (Å²) in [6.45, 7) is 0. The molecule has 2 aliphatic carbocycles. The molecule has 63 heavy (non-hydrogen) atoms. The van der Waals surface area contributed by atoms with E-state index < -0.39 is 0 Å². The second-order valence-corrected chi connectivity index (χ2v) is 17.0. The number of anilines is 1. The molecule has 9 aromatic rings. The van der Waals surface area contributed by atoms with Gasteiger partial charge in [-0.05, 0) is 101 Å². The second-order valence-electron chi connectivity index (χ2n) is 17.0. The van der Waals surface area contributed by atoms with E-state index in [1.165, 1.54) is 32.7 Å². The number of fused-ring (bicyclic) bond motifs is 9. The maximum absolute atomic E-state index is 6.89. The van der Waals surface area contributed by atoms with Crippen LogP contribution in [0.15, 0.2) is 191 Å². The summed E-state index contributed by atoms with van der Waals surface area (Å²) < 4.78 is 15.7. The van der Waals surface area contributed by atoms with Gasteiger partial charge in [0.05, 0.1) is 22.9 Å². The molecule has 0 saturated carbocycles. The van der Waals surface area contributed by atoms with Crippen LogP contribution in [0.1, 0.15) is 53.8 Å². The summed E-state index contributed by atoms with van der Waals surface area (Å²) in [5, 5.41) is 17.4. The Labute approximate surface area is 364 Å². The Kier molecular flexibility index (Phi) is 8.31. The predicted octanol–water partition coefficient (Wildman–Crippen LogP) is 12.9. The topological polar surface area (TPSA) is 75.8 Å². The second kappa shape index (κ2) is 14.5. The highest BCUT2D eigenvalue weighted by Crippen LogP contribution is 2.47. The summed E-state index contributed by atoms with van der Waals surface area (Å²) in [7, 11) is 0. The molecule has 0 radical (unpaired) electrons. The van der Waals surface area contributed by atoms with Gasteiger partial charge in [0, 0.05) is 44.5 Å². The molecule has 304 valence electrons. The number of allylic oxidation sites excluding steroid dienone is 3. The van der Waals surface area contributed by atoms with E-state index in [4.69, 9.17) is 14.1 Å². The summed E-state index contributed by atoms with van der Waals surface area (Å²) in [6.07, 6.45) is 13.4. The zero-order valence-corrected chi connectivity index (χ0v) is 34.5. The lowest BCUT2D eigenvalue weighted by atomic mass is 9.86. The van der Waals surface area contributed by atoms with E-state index in [1.54, 1.807) is 0 Å². The van der Waals surface area contributed by atoms with Crippen molar-refractivity contribution in [3.05, 3.63) is 204 Å². The molecule has 0 spiro atoms. The number of amidine groups is 1. The van der Waals surface area contributed by atoms with Crippen LogP contribution in [0.25, 0.3) is 66.4 Å². The molecular weight excluding hydrogens is 775 g/mol. The third-order valence-corrected chi connectivity index (χ3v) is 13.3. The molecule has 0 bridgehead atoms. The lowest BCUT2D eigenvalue weighted by Gasteiger charge is -2.37. The van der Waals surface area contributed by atoms with Gasteiger partial charge in [-0.15, -0.1) is 0 Å². The summed E-state index contributed by atoms with van der Waals surface area (Å²) in [6, 6.07) is 54.3. The van der Waals surface area contributed by atoms with Crippen LogP contribution in [0.4, 0.5) is 5.69 Å². The average Bonchev–Trinajstić information content (AvgIpc) is 4.06. The molecule has 0 fully saturated rings. The Morgan fingerprint density at radius 3 is 2.33 bits per heavy atom. The first-order valence-corrected chi connectivity index (χ1v) is 22.0. The molecule has 2 aromatic heterocycles. The molecule has 4 atom stereocenters. The number of furan rings is 1. The molecular formula is C56H43N5O2. The van der Waals surface area contributed by atoms with Crippen LogP contribution in [-0.2, 0) is 0 Å². The first-order chi connectivity index (χ1) is 31.2. The van der Waals surface area contributed by atoms with Gasteiger partial charge < -0.3 is 24.4 Å². The number of aromatic nitrogens is 1. The average molecular weight is 818 g/mol. The van der Waals surface area contributed by atoms with Crippen molar-refractivity contribution in [1.82, 2.24) is 15.2 Å². The molecule has 3 N–H and O–H groups in total. The van der Waals surface area contributed by atoms with Crippen LogP contribution >= 0.6 is 0 Å². The van der Waals surface area contributed by atoms with E-state index in [1.807, 2.05) is 6.07 Å². The molecule has 4 aliphatic rings. The fourth-order valence-corrected chi connectivity index (χ4v) is 10.3. The molecule has 0 amide bonds. The van der Waals surface area contributed by atoms with Crippen molar-refractivity contribution < 1.29 is 9.15 Å². The van der Waals surface area contributed by atoms with E-state index in [9.17, 15) is 0 Å². The molecule has 0 saturated heterocycles. The van der Waals surface area contributed by atoms with Crippen molar-refractivity contribution in [1.29, 1.82) is 0 Å². The van der Waals surface area contributed by atoms with E-state index >= 15 is 0 Å². The van der Waals surface area contributed by atoms with Crippen LogP contribution in [0.5, 0.6) is 5.75 Å². The Hall–Kier alpha value is -7.61. The smallest absolute Gasteiger partial charge is 0.196 e. The number of rotatable bonds is 6. The van der Waals surface area contributed by atoms with Gasteiger partial charge in [0.15, 0.2) is 12.0 Å². The van der Waals surface area contributed by atoms with Crippen molar-refractivity contribution in [2.45, 2.75) is 43.7 Å². The predicted molar refractivity (Wildman–Crippen MR) is 257 cm³/mol. The van der Waals surface area contributed by atoms with Crippen molar-refractivity contribution in [2.24, 2.45) is 4.99 Å². The highest BCUT2D eigenvalue weighted by Gasteiger charge is 2.35. The van der Waals surface area contributed by atoms with Crippen molar-refractivity contribution >= 4 is 61.1 Å². The number of aliphatic imine (C=N–C) groups is 1. The molecule has 7 nitrogen and oxygen atoms in total. The van der Waals surface area contributed by atoms with Crippen LogP contribution < -0.4 is 20.7 Å². The zero-order valence-electron chi connectivity index (χ0n) is 34.5. The van der Waals surface area contributed by atoms with E-state index in [0.29, 0.717) is 0 Å². The summed E-state index contributed by atoms with van der Waals surface area (Å²) in [5.74, 6) is 2.82. The minimum absolute atomic E-state index is 0.103. The Bertz CT molecular complexity index is 3430. The normalized spacial score (nSPS) is 20.3. The summed E-state index contributed by atoms with van der Waals surface area (Å²) >= 11 is 0. The van der Waals surface area contributed by atoms with Crippen LogP contribution in [0.3, 0.4) is 0 Å². The monoisotopic (exact) mass is 817 g/mol. The first kappa shape index (κ1) is 36.1. The SMILES string of the molecule is C1=CC(C2Nc3ccc4c5cc6ccccc6cc5n(-c5cccc(-c6cccc(C7N=C(c8ccccc8)NC(C8CC=Cc9oc%10ccccc%10c98)N7)c6)c5)c4c3O2)=CCC1. The van der Waals surface area contributed by atoms with Crippen LogP contribution in [-0.4, -0.2) is 22.8 Å². The third kappa shape index (κ3) is 6.03. The van der Waals surface area contributed by atoms with Gasteiger partial charge in [0.1, 0.15) is 23.3 Å².